The zero-order valence-electron chi connectivity index (χ0n) is 12.2. The van der Waals surface area contributed by atoms with Crippen LogP contribution in [0, 0.1) is 5.82 Å². The molecule has 0 bridgehead atoms. The van der Waals surface area contributed by atoms with E-state index in [1.165, 1.54) is 12.1 Å². The van der Waals surface area contributed by atoms with Crippen molar-refractivity contribution in [1.82, 2.24) is 5.32 Å². The molecule has 0 spiro atoms. The average molecular weight is 283 g/mol. The SMILES string of the molecule is CCCNCc1ccc(OCC(=O)OC(C)C)c(F)c1. The van der Waals surface area contributed by atoms with Crippen LogP contribution in [0.4, 0.5) is 4.39 Å². The fraction of sp³-hybridized carbons (Fsp3) is 0.533. The van der Waals surface area contributed by atoms with Crippen molar-refractivity contribution in [3.63, 3.8) is 0 Å². The molecule has 1 aromatic rings. The van der Waals surface area contributed by atoms with Crippen LogP contribution in [0.15, 0.2) is 18.2 Å². The molecule has 0 aliphatic heterocycles. The Morgan fingerprint density at radius 1 is 1.40 bits per heavy atom. The van der Waals surface area contributed by atoms with Gasteiger partial charge in [-0.3, -0.25) is 0 Å². The Kier molecular flexibility index (Phi) is 7.01. The molecule has 0 amide bonds. The summed E-state index contributed by atoms with van der Waals surface area (Å²) in [5.41, 5.74) is 0.841. The molecule has 20 heavy (non-hydrogen) atoms. The van der Waals surface area contributed by atoms with Crippen LogP contribution >= 0.6 is 0 Å². The van der Waals surface area contributed by atoms with Crippen molar-refractivity contribution in [3.05, 3.63) is 29.6 Å². The van der Waals surface area contributed by atoms with Gasteiger partial charge in [0.15, 0.2) is 18.2 Å². The predicted molar refractivity (Wildman–Crippen MR) is 75.1 cm³/mol. The van der Waals surface area contributed by atoms with Gasteiger partial charge >= 0.3 is 5.97 Å². The summed E-state index contributed by atoms with van der Waals surface area (Å²) < 4.78 is 23.8. The van der Waals surface area contributed by atoms with Gasteiger partial charge < -0.3 is 14.8 Å². The summed E-state index contributed by atoms with van der Waals surface area (Å²) in [6.07, 6.45) is 0.824. The number of carbonyl (C=O) groups is 1. The summed E-state index contributed by atoms with van der Waals surface area (Å²) in [7, 11) is 0. The minimum Gasteiger partial charge on any atom is -0.479 e. The number of benzene rings is 1. The Morgan fingerprint density at radius 2 is 2.15 bits per heavy atom. The third-order valence-corrected chi connectivity index (χ3v) is 2.46. The van der Waals surface area contributed by atoms with E-state index in [1.54, 1.807) is 19.9 Å². The molecular formula is C15H22FNO3. The minimum absolute atomic E-state index is 0.0601. The summed E-state index contributed by atoms with van der Waals surface area (Å²) in [6, 6.07) is 4.71. The number of halogens is 1. The zero-order chi connectivity index (χ0) is 15.0. The molecule has 112 valence electrons. The fourth-order valence-corrected chi connectivity index (χ4v) is 1.61. The number of rotatable bonds is 8. The van der Waals surface area contributed by atoms with Crippen molar-refractivity contribution < 1.29 is 18.7 Å². The Balaban J connectivity index is 2.49. The molecule has 0 fully saturated rings. The molecule has 0 aliphatic carbocycles. The molecule has 0 unspecified atom stereocenters. The normalized spacial score (nSPS) is 10.7. The van der Waals surface area contributed by atoms with Crippen LogP contribution in [-0.2, 0) is 16.1 Å². The summed E-state index contributed by atoms with van der Waals surface area (Å²) in [5.74, 6) is -0.920. The predicted octanol–water partition coefficient (Wildman–Crippen LogP) is 2.66. The standard InChI is InChI=1S/C15H22FNO3/c1-4-7-17-9-12-5-6-14(13(16)8-12)19-10-15(18)20-11(2)3/h5-6,8,11,17H,4,7,9-10H2,1-3H3. The van der Waals surface area contributed by atoms with E-state index in [9.17, 15) is 9.18 Å². The van der Waals surface area contributed by atoms with Crippen LogP contribution in [-0.4, -0.2) is 25.2 Å². The van der Waals surface area contributed by atoms with Gasteiger partial charge in [0.2, 0.25) is 0 Å². The van der Waals surface area contributed by atoms with Gasteiger partial charge in [0.25, 0.3) is 0 Å². The van der Waals surface area contributed by atoms with E-state index < -0.39 is 11.8 Å². The minimum atomic E-state index is -0.506. The van der Waals surface area contributed by atoms with Crippen LogP contribution in [0.25, 0.3) is 0 Å². The van der Waals surface area contributed by atoms with E-state index in [2.05, 4.69) is 12.2 Å². The van der Waals surface area contributed by atoms with Crippen molar-refractivity contribution in [2.75, 3.05) is 13.2 Å². The second-order valence-electron chi connectivity index (χ2n) is 4.77. The molecular weight excluding hydrogens is 261 g/mol. The zero-order valence-corrected chi connectivity index (χ0v) is 12.2. The smallest absolute Gasteiger partial charge is 0.344 e. The second kappa shape index (κ2) is 8.53. The third kappa shape index (κ3) is 6.02. The van der Waals surface area contributed by atoms with Crippen molar-refractivity contribution in [1.29, 1.82) is 0 Å². The van der Waals surface area contributed by atoms with E-state index >= 15 is 0 Å². The largest absolute Gasteiger partial charge is 0.479 e. The lowest BCUT2D eigenvalue weighted by atomic mass is 10.2. The average Bonchev–Trinajstić information content (AvgIpc) is 2.37. The monoisotopic (exact) mass is 283 g/mol. The molecule has 0 saturated carbocycles. The van der Waals surface area contributed by atoms with E-state index in [0.29, 0.717) is 6.54 Å². The third-order valence-electron chi connectivity index (χ3n) is 2.46. The van der Waals surface area contributed by atoms with E-state index in [-0.39, 0.29) is 18.5 Å². The molecule has 1 rings (SSSR count). The topological polar surface area (TPSA) is 47.6 Å². The molecule has 0 radical (unpaired) electrons. The molecule has 0 aliphatic rings. The highest BCUT2D eigenvalue weighted by Gasteiger charge is 2.10. The number of hydrogen-bond donors (Lipinski definition) is 1. The van der Waals surface area contributed by atoms with Crippen molar-refractivity contribution in [3.8, 4) is 5.75 Å². The van der Waals surface area contributed by atoms with Crippen LogP contribution in [0.1, 0.15) is 32.8 Å². The van der Waals surface area contributed by atoms with Crippen molar-refractivity contribution in [2.45, 2.75) is 39.8 Å². The maximum Gasteiger partial charge on any atom is 0.344 e. The molecule has 0 heterocycles. The van der Waals surface area contributed by atoms with Gasteiger partial charge in [-0.25, -0.2) is 9.18 Å². The molecule has 0 aromatic heterocycles. The maximum absolute atomic E-state index is 13.8. The second-order valence-corrected chi connectivity index (χ2v) is 4.77. The highest BCUT2D eigenvalue weighted by atomic mass is 19.1. The van der Waals surface area contributed by atoms with Crippen LogP contribution < -0.4 is 10.1 Å². The lowest BCUT2D eigenvalue weighted by Gasteiger charge is -2.10. The molecule has 0 atom stereocenters. The van der Waals surface area contributed by atoms with Crippen molar-refractivity contribution >= 4 is 5.97 Å². The van der Waals surface area contributed by atoms with E-state index in [4.69, 9.17) is 9.47 Å². The van der Waals surface area contributed by atoms with E-state index in [1.807, 2.05) is 0 Å². The number of esters is 1. The van der Waals surface area contributed by atoms with Gasteiger partial charge in [-0.05, 0) is 44.5 Å². The van der Waals surface area contributed by atoms with Gasteiger partial charge in [0.05, 0.1) is 6.10 Å². The quantitative estimate of drug-likeness (QED) is 0.588. The first-order valence-corrected chi connectivity index (χ1v) is 6.84. The lowest BCUT2D eigenvalue weighted by Crippen LogP contribution is -2.19. The number of hydrogen-bond acceptors (Lipinski definition) is 4. The molecule has 1 N–H and O–H groups in total. The molecule has 4 nitrogen and oxygen atoms in total. The van der Waals surface area contributed by atoms with Crippen LogP contribution in [0.2, 0.25) is 0 Å². The lowest BCUT2D eigenvalue weighted by molar-refractivity contribution is -0.149. The first kappa shape index (κ1) is 16.4. The van der Waals surface area contributed by atoms with Gasteiger partial charge in [0, 0.05) is 6.54 Å². The number of ether oxygens (including phenoxy) is 2. The number of nitrogens with one attached hydrogen (secondary N) is 1. The van der Waals surface area contributed by atoms with E-state index in [0.717, 1.165) is 18.5 Å². The van der Waals surface area contributed by atoms with Gasteiger partial charge in [-0.2, -0.15) is 0 Å². The Hall–Kier alpha value is -1.62. The van der Waals surface area contributed by atoms with Gasteiger partial charge in [0.1, 0.15) is 0 Å². The van der Waals surface area contributed by atoms with Crippen LogP contribution in [0.5, 0.6) is 5.75 Å². The molecule has 5 heteroatoms. The Bertz CT molecular complexity index is 435. The first-order valence-electron chi connectivity index (χ1n) is 6.84. The summed E-state index contributed by atoms with van der Waals surface area (Å²) in [5, 5.41) is 3.19. The maximum atomic E-state index is 13.8. The fourth-order valence-electron chi connectivity index (χ4n) is 1.61. The van der Waals surface area contributed by atoms with Crippen molar-refractivity contribution in [2.24, 2.45) is 0 Å². The van der Waals surface area contributed by atoms with Crippen LogP contribution in [0.3, 0.4) is 0 Å². The summed E-state index contributed by atoms with van der Waals surface area (Å²) in [6.45, 7) is 6.78. The molecule has 1 aromatic carbocycles. The Morgan fingerprint density at radius 3 is 2.75 bits per heavy atom. The first-order chi connectivity index (χ1) is 9.52. The highest BCUT2D eigenvalue weighted by molar-refractivity contribution is 5.71. The van der Waals surface area contributed by atoms with Gasteiger partial charge in [-0.15, -0.1) is 0 Å². The highest BCUT2D eigenvalue weighted by Crippen LogP contribution is 2.18. The summed E-state index contributed by atoms with van der Waals surface area (Å²) in [4.78, 5) is 11.3. The Labute approximate surface area is 119 Å². The molecule has 0 saturated heterocycles. The summed E-state index contributed by atoms with van der Waals surface area (Å²) >= 11 is 0. The number of carbonyl (C=O) groups excluding carboxylic acids is 1. The van der Waals surface area contributed by atoms with Gasteiger partial charge in [-0.1, -0.05) is 13.0 Å².